The molecule has 0 radical (unpaired) electrons. The van der Waals surface area contributed by atoms with Crippen molar-refractivity contribution >= 4 is 11.4 Å². The SMILES string of the molecule is Cn1c(=O)[nH]c(=O)n1CCCCCN1CC[C@@H]2[C@@H](C1)c1cc(F)ccc1N2c1ccc(F)cc1. The lowest BCUT2D eigenvalue weighted by Crippen LogP contribution is -2.45. The third-order valence-corrected chi connectivity index (χ3v) is 7.19. The zero-order valence-corrected chi connectivity index (χ0v) is 19.2. The standard InChI is InChI=1S/C25H29F2N5O2/c1-29-24(33)28-25(34)31(29)13-4-2-3-12-30-14-11-23-21(16-30)20-15-18(27)7-10-22(20)32(23)19-8-5-17(26)6-9-19/h5-10,15,21,23H,2-4,11-14,16H2,1H3,(H,28,33,34)/t21-,23+/m0/s1. The summed E-state index contributed by atoms with van der Waals surface area (Å²) in [5.74, 6) is -0.306. The molecule has 2 aromatic carbocycles. The van der Waals surface area contributed by atoms with E-state index in [1.54, 1.807) is 25.2 Å². The van der Waals surface area contributed by atoms with Gasteiger partial charge in [0.1, 0.15) is 11.6 Å². The van der Waals surface area contributed by atoms with Gasteiger partial charge in [-0.1, -0.05) is 6.42 Å². The Bertz CT molecular complexity index is 1280. The molecular weight excluding hydrogens is 440 g/mol. The van der Waals surface area contributed by atoms with Crippen LogP contribution in [0.25, 0.3) is 0 Å². The van der Waals surface area contributed by atoms with E-state index >= 15 is 0 Å². The molecule has 0 saturated carbocycles. The summed E-state index contributed by atoms with van der Waals surface area (Å²) < 4.78 is 30.4. The zero-order chi connectivity index (χ0) is 23.8. The molecule has 0 spiro atoms. The normalized spacial score (nSPS) is 19.9. The molecule has 2 aliphatic rings. The lowest BCUT2D eigenvalue weighted by molar-refractivity contribution is 0.192. The number of anilines is 2. The first-order chi connectivity index (χ1) is 16.4. The van der Waals surface area contributed by atoms with Crippen LogP contribution in [0.3, 0.4) is 0 Å². The van der Waals surface area contributed by atoms with E-state index < -0.39 is 5.69 Å². The minimum absolute atomic E-state index is 0.192. The number of piperidine rings is 1. The number of likely N-dealkylation sites (tertiary alicyclic amines) is 1. The van der Waals surface area contributed by atoms with E-state index in [1.165, 1.54) is 27.6 Å². The molecule has 34 heavy (non-hydrogen) atoms. The van der Waals surface area contributed by atoms with Gasteiger partial charge in [-0.3, -0.25) is 4.98 Å². The van der Waals surface area contributed by atoms with Crippen molar-refractivity contribution in [3.63, 3.8) is 0 Å². The lowest BCUT2D eigenvalue weighted by atomic mass is 9.89. The molecular formula is C25H29F2N5O2. The van der Waals surface area contributed by atoms with Gasteiger partial charge in [0.25, 0.3) is 0 Å². The predicted molar refractivity (Wildman–Crippen MR) is 127 cm³/mol. The van der Waals surface area contributed by atoms with Crippen molar-refractivity contribution in [2.45, 2.75) is 44.2 Å². The number of H-pyrrole nitrogens is 1. The fraction of sp³-hybridized carbons (Fsp3) is 0.440. The van der Waals surface area contributed by atoms with E-state index in [4.69, 9.17) is 0 Å². The molecule has 1 N–H and O–H groups in total. The van der Waals surface area contributed by atoms with Crippen LogP contribution < -0.4 is 16.3 Å². The Morgan fingerprint density at radius 1 is 0.941 bits per heavy atom. The number of nitrogens with zero attached hydrogens (tertiary/aromatic N) is 4. The highest BCUT2D eigenvalue weighted by Crippen LogP contribution is 2.48. The number of hydrogen-bond acceptors (Lipinski definition) is 4. The van der Waals surface area contributed by atoms with E-state index in [1.807, 2.05) is 6.07 Å². The van der Waals surface area contributed by atoms with Crippen LogP contribution in [0, 0.1) is 11.6 Å². The number of rotatable bonds is 7. The number of benzene rings is 2. The molecule has 1 saturated heterocycles. The molecule has 2 atom stereocenters. The zero-order valence-electron chi connectivity index (χ0n) is 19.2. The van der Waals surface area contributed by atoms with Crippen molar-refractivity contribution in [3.05, 3.63) is 80.6 Å². The monoisotopic (exact) mass is 469 g/mol. The van der Waals surface area contributed by atoms with Gasteiger partial charge in [0, 0.05) is 50.0 Å². The number of halogens is 2. The van der Waals surface area contributed by atoms with Crippen molar-refractivity contribution in [1.29, 1.82) is 0 Å². The maximum absolute atomic E-state index is 14.2. The van der Waals surface area contributed by atoms with Gasteiger partial charge in [-0.05, 0) is 73.8 Å². The second-order valence-corrected chi connectivity index (χ2v) is 9.26. The molecule has 9 heteroatoms. The maximum atomic E-state index is 14.2. The first-order valence-electron chi connectivity index (χ1n) is 11.8. The fourth-order valence-electron chi connectivity index (χ4n) is 5.49. The summed E-state index contributed by atoms with van der Waals surface area (Å²) in [5, 5.41) is 0. The molecule has 0 aliphatic carbocycles. The Hall–Kier alpha value is -3.20. The van der Waals surface area contributed by atoms with Crippen molar-refractivity contribution in [2.24, 2.45) is 7.05 Å². The van der Waals surface area contributed by atoms with Gasteiger partial charge in [0.2, 0.25) is 0 Å². The minimum Gasteiger partial charge on any atom is -0.337 e. The Morgan fingerprint density at radius 2 is 1.68 bits per heavy atom. The average molecular weight is 470 g/mol. The number of nitrogens with one attached hydrogen (secondary N) is 1. The molecule has 0 unspecified atom stereocenters. The summed E-state index contributed by atoms with van der Waals surface area (Å²) in [6.07, 6.45) is 3.70. The number of fused-ring (bicyclic) bond motifs is 3. The van der Waals surface area contributed by atoms with Gasteiger partial charge >= 0.3 is 11.4 Å². The smallest absolute Gasteiger partial charge is 0.337 e. The summed E-state index contributed by atoms with van der Waals surface area (Å²) in [6, 6.07) is 11.7. The van der Waals surface area contributed by atoms with E-state index in [9.17, 15) is 18.4 Å². The molecule has 1 fully saturated rings. The number of unbranched alkanes of at least 4 members (excludes halogenated alkanes) is 2. The average Bonchev–Trinajstić information content (AvgIpc) is 3.26. The molecule has 3 aromatic rings. The van der Waals surface area contributed by atoms with Crippen LogP contribution in [-0.4, -0.2) is 44.9 Å². The second-order valence-electron chi connectivity index (χ2n) is 9.26. The summed E-state index contributed by atoms with van der Waals surface area (Å²) in [4.78, 5) is 30.3. The molecule has 7 nitrogen and oxygen atoms in total. The highest BCUT2D eigenvalue weighted by molar-refractivity contribution is 5.73. The van der Waals surface area contributed by atoms with Crippen LogP contribution in [0.15, 0.2) is 52.1 Å². The van der Waals surface area contributed by atoms with Gasteiger partial charge in [0.05, 0.1) is 0 Å². The summed E-state index contributed by atoms with van der Waals surface area (Å²) in [6.45, 7) is 3.25. The molecule has 0 amide bonds. The Kier molecular flexibility index (Phi) is 6.12. The Labute approximate surface area is 196 Å². The van der Waals surface area contributed by atoms with Gasteiger partial charge in [-0.15, -0.1) is 0 Å². The van der Waals surface area contributed by atoms with Crippen LogP contribution in [0.4, 0.5) is 20.2 Å². The molecule has 5 rings (SSSR count). The second kappa shape index (κ2) is 9.21. The van der Waals surface area contributed by atoms with E-state index in [-0.39, 0.29) is 29.3 Å². The van der Waals surface area contributed by atoms with Gasteiger partial charge < -0.3 is 9.80 Å². The third kappa shape index (κ3) is 4.20. The van der Waals surface area contributed by atoms with E-state index in [2.05, 4.69) is 14.8 Å². The Morgan fingerprint density at radius 3 is 2.41 bits per heavy atom. The van der Waals surface area contributed by atoms with Crippen LogP contribution in [0.2, 0.25) is 0 Å². The molecule has 0 bridgehead atoms. The van der Waals surface area contributed by atoms with Crippen molar-refractivity contribution in [2.75, 3.05) is 24.5 Å². The van der Waals surface area contributed by atoms with E-state index in [0.29, 0.717) is 6.54 Å². The highest BCUT2D eigenvalue weighted by Gasteiger charge is 2.42. The van der Waals surface area contributed by atoms with Crippen LogP contribution >= 0.6 is 0 Å². The van der Waals surface area contributed by atoms with Crippen molar-refractivity contribution in [1.82, 2.24) is 19.2 Å². The third-order valence-electron chi connectivity index (χ3n) is 7.19. The largest absolute Gasteiger partial charge is 0.344 e. The van der Waals surface area contributed by atoms with E-state index in [0.717, 1.165) is 62.3 Å². The quantitative estimate of drug-likeness (QED) is 0.539. The van der Waals surface area contributed by atoms with Crippen LogP contribution in [0.1, 0.15) is 37.2 Å². The topological polar surface area (TPSA) is 66.3 Å². The summed E-state index contributed by atoms with van der Waals surface area (Å²) in [7, 11) is 1.59. The molecule has 2 aliphatic heterocycles. The first-order valence-corrected chi connectivity index (χ1v) is 11.8. The van der Waals surface area contributed by atoms with Gasteiger partial charge in [0.15, 0.2) is 0 Å². The fourth-order valence-corrected chi connectivity index (χ4v) is 5.49. The van der Waals surface area contributed by atoms with Crippen LogP contribution in [-0.2, 0) is 13.6 Å². The van der Waals surface area contributed by atoms with Gasteiger partial charge in [-0.2, -0.15) is 0 Å². The summed E-state index contributed by atoms with van der Waals surface area (Å²) in [5.41, 5.74) is 2.20. The van der Waals surface area contributed by atoms with Crippen molar-refractivity contribution < 1.29 is 8.78 Å². The number of hydrogen-bond donors (Lipinski definition) is 1. The summed E-state index contributed by atoms with van der Waals surface area (Å²) >= 11 is 0. The lowest BCUT2D eigenvalue weighted by Gasteiger charge is -2.39. The number of aromatic nitrogens is 3. The first kappa shape index (κ1) is 22.6. The molecule has 1 aromatic heterocycles. The van der Waals surface area contributed by atoms with Crippen LogP contribution in [0.5, 0.6) is 0 Å². The van der Waals surface area contributed by atoms with Gasteiger partial charge in [-0.25, -0.2) is 27.7 Å². The maximum Gasteiger partial charge on any atom is 0.344 e. The number of aromatic amines is 1. The minimum atomic E-state index is -0.393. The molecule has 3 heterocycles. The predicted octanol–water partition coefficient (Wildman–Crippen LogP) is 3.33. The van der Waals surface area contributed by atoms with Crippen molar-refractivity contribution in [3.8, 4) is 0 Å². The highest BCUT2D eigenvalue weighted by atomic mass is 19.1. The molecule has 180 valence electrons. The Balaban J connectivity index is 1.22.